The van der Waals surface area contributed by atoms with Gasteiger partial charge in [-0.1, -0.05) is 37.1 Å². The Bertz CT molecular complexity index is 390. The lowest BCUT2D eigenvalue weighted by Crippen LogP contribution is -2.29. The number of hydrogen-bond donors (Lipinski definition) is 1. The van der Waals surface area contributed by atoms with E-state index in [9.17, 15) is 0 Å². The molecule has 2 unspecified atom stereocenters. The van der Waals surface area contributed by atoms with Crippen LogP contribution in [0.25, 0.3) is 0 Å². The van der Waals surface area contributed by atoms with Crippen LogP contribution in [0.2, 0.25) is 0 Å². The predicted molar refractivity (Wildman–Crippen MR) is 84.9 cm³/mol. The molecule has 1 N–H and O–H groups in total. The van der Waals surface area contributed by atoms with Crippen LogP contribution in [0.5, 0.6) is 0 Å². The van der Waals surface area contributed by atoms with E-state index in [2.05, 4.69) is 48.4 Å². The van der Waals surface area contributed by atoms with Gasteiger partial charge in [-0.3, -0.25) is 0 Å². The largest absolute Gasteiger partial charge is 0.312 e. The third kappa shape index (κ3) is 3.00. The highest BCUT2D eigenvalue weighted by atomic mass is 32.2. The van der Waals surface area contributed by atoms with Crippen molar-refractivity contribution in [2.24, 2.45) is 0 Å². The van der Waals surface area contributed by atoms with Gasteiger partial charge in [0.1, 0.15) is 0 Å². The van der Waals surface area contributed by atoms with Crippen LogP contribution in [-0.2, 0) is 0 Å². The maximum absolute atomic E-state index is 3.54. The van der Waals surface area contributed by atoms with Gasteiger partial charge in [0.15, 0.2) is 0 Å². The molecule has 2 atom stereocenters. The molecule has 2 aliphatic rings. The third-order valence-corrected chi connectivity index (χ3v) is 6.23. The highest BCUT2D eigenvalue weighted by Crippen LogP contribution is 2.38. The van der Waals surface area contributed by atoms with E-state index in [1.165, 1.54) is 49.8 Å². The van der Waals surface area contributed by atoms with E-state index in [-0.39, 0.29) is 0 Å². The van der Waals surface area contributed by atoms with E-state index >= 15 is 0 Å². The summed E-state index contributed by atoms with van der Waals surface area (Å²) in [6, 6.07) is 10.0. The van der Waals surface area contributed by atoms with Crippen LogP contribution in [-0.4, -0.2) is 18.1 Å². The number of rotatable bonds is 4. The van der Waals surface area contributed by atoms with Crippen molar-refractivity contribution in [2.75, 3.05) is 12.8 Å². The molecule has 1 aromatic carbocycles. The first kappa shape index (κ1) is 13.5. The van der Waals surface area contributed by atoms with Crippen LogP contribution in [0.1, 0.15) is 61.6 Å². The van der Waals surface area contributed by atoms with Crippen LogP contribution in [0.15, 0.2) is 24.3 Å². The van der Waals surface area contributed by atoms with Gasteiger partial charge in [-0.25, -0.2) is 0 Å². The minimum Gasteiger partial charge on any atom is -0.312 e. The number of benzene rings is 1. The van der Waals surface area contributed by atoms with Crippen molar-refractivity contribution < 1.29 is 0 Å². The Morgan fingerprint density at radius 1 is 1.05 bits per heavy atom. The van der Waals surface area contributed by atoms with Crippen LogP contribution < -0.4 is 5.32 Å². The van der Waals surface area contributed by atoms with Gasteiger partial charge in [-0.05, 0) is 55.5 Å². The summed E-state index contributed by atoms with van der Waals surface area (Å²) in [5.41, 5.74) is 3.03. The standard InChI is InChI=1S/C17H25NS/c1-18-17(16-7-2-3-12-19-16)15-10-8-14(9-11-15)13-5-4-6-13/h8-11,13,16-18H,2-7,12H2,1H3. The molecule has 1 saturated carbocycles. The first-order chi connectivity index (χ1) is 9.38. The van der Waals surface area contributed by atoms with Gasteiger partial charge >= 0.3 is 0 Å². The van der Waals surface area contributed by atoms with Crippen molar-refractivity contribution in [1.29, 1.82) is 0 Å². The SMILES string of the molecule is CNC(c1ccc(C2CCC2)cc1)C1CCCCS1. The van der Waals surface area contributed by atoms with Gasteiger partial charge in [0, 0.05) is 11.3 Å². The Balaban J connectivity index is 1.71. The fourth-order valence-corrected chi connectivity index (χ4v) is 4.81. The Morgan fingerprint density at radius 3 is 2.37 bits per heavy atom. The fourth-order valence-electron chi connectivity index (χ4n) is 3.31. The zero-order chi connectivity index (χ0) is 13.1. The van der Waals surface area contributed by atoms with Crippen LogP contribution in [0.3, 0.4) is 0 Å². The highest BCUT2D eigenvalue weighted by molar-refractivity contribution is 8.00. The number of nitrogens with one attached hydrogen (secondary N) is 1. The van der Waals surface area contributed by atoms with E-state index in [1.807, 2.05) is 0 Å². The third-order valence-electron chi connectivity index (χ3n) is 4.77. The average molecular weight is 275 g/mol. The number of hydrogen-bond acceptors (Lipinski definition) is 2. The second-order valence-corrected chi connectivity index (χ2v) is 7.31. The van der Waals surface area contributed by atoms with Crippen molar-refractivity contribution in [1.82, 2.24) is 5.32 Å². The molecule has 0 amide bonds. The van der Waals surface area contributed by atoms with E-state index in [4.69, 9.17) is 0 Å². The molecule has 1 saturated heterocycles. The highest BCUT2D eigenvalue weighted by Gasteiger charge is 2.25. The average Bonchev–Trinajstić information content (AvgIpc) is 2.41. The molecular weight excluding hydrogens is 250 g/mol. The monoisotopic (exact) mass is 275 g/mol. The minimum atomic E-state index is 0.528. The lowest BCUT2D eigenvalue weighted by atomic mass is 9.79. The van der Waals surface area contributed by atoms with E-state index in [1.54, 1.807) is 5.56 Å². The van der Waals surface area contributed by atoms with Gasteiger partial charge in [-0.15, -0.1) is 0 Å². The van der Waals surface area contributed by atoms with E-state index < -0.39 is 0 Å². The smallest absolute Gasteiger partial charge is 0.0438 e. The van der Waals surface area contributed by atoms with Gasteiger partial charge in [-0.2, -0.15) is 11.8 Å². The molecule has 0 spiro atoms. The first-order valence-corrected chi connectivity index (χ1v) is 8.82. The molecule has 0 aromatic heterocycles. The van der Waals surface area contributed by atoms with Gasteiger partial charge < -0.3 is 5.32 Å². The van der Waals surface area contributed by atoms with Crippen LogP contribution in [0.4, 0.5) is 0 Å². The quantitative estimate of drug-likeness (QED) is 0.868. The molecule has 1 aliphatic heterocycles. The molecule has 2 fully saturated rings. The second-order valence-electron chi connectivity index (χ2n) is 5.97. The molecule has 1 aromatic rings. The maximum Gasteiger partial charge on any atom is 0.0438 e. The summed E-state index contributed by atoms with van der Waals surface area (Å²) in [6.45, 7) is 0. The van der Waals surface area contributed by atoms with E-state index in [0.717, 1.165) is 11.2 Å². The molecule has 0 bridgehead atoms. The Labute approximate surface area is 121 Å². The molecule has 1 aliphatic carbocycles. The summed E-state index contributed by atoms with van der Waals surface area (Å²) < 4.78 is 0. The molecule has 3 rings (SSSR count). The second kappa shape index (κ2) is 6.32. The number of thioether (sulfide) groups is 1. The zero-order valence-corrected chi connectivity index (χ0v) is 12.7. The summed E-state index contributed by atoms with van der Waals surface area (Å²) in [7, 11) is 2.11. The summed E-state index contributed by atoms with van der Waals surface area (Å²) >= 11 is 2.15. The molecule has 104 valence electrons. The van der Waals surface area contributed by atoms with E-state index in [0.29, 0.717) is 6.04 Å². The van der Waals surface area contributed by atoms with Crippen molar-refractivity contribution in [3.05, 3.63) is 35.4 Å². The lowest BCUT2D eigenvalue weighted by molar-refractivity contribution is 0.419. The van der Waals surface area contributed by atoms with Crippen molar-refractivity contribution in [2.45, 2.75) is 55.7 Å². The van der Waals surface area contributed by atoms with Crippen molar-refractivity contribution in [3.8, 4) is 0 Å². The first-order valence-electron chi connectivity index (χ1n) is 7.77. The van der Waals surface area contributed by atoms with Crippen molar-refractivity contribution in [3.63, 3.8) is 0 Å². The molecule has 19 heavy (non-hydrogen) atoms. The van der Waals surface area contributed by atoms with Crippen LogP contribution >= 0.6 is 11.8 Å². The van der Waals surface area contributed by atoms with Gasteiger partial charge in [0.2, 0.25) is 0 Å². The fraction of sp³-hybridized carbons (Fsp3) is 0.647. The Hall–Kier alpha value is -0.470. The lowest BCUT2D eigenvalue weighted by Gasteiger charge is -2.31. The predicted octanol–water partition coefficient (Wildman–Crippen LogP) is 4.50. The molecule has 0 radical (unpaired) electrons. The maximum atomic E-state index is 3.54. The van der Waals surface area contributed by atoms with Gasteiger partial charge in [0.25, 0.3) is 0 Å². The molecule has 1 nitrogen and oxygen atoms in total. The normalized spacial score (nSPS) is 25.8. The molecule has 1 heterocycles. The zero-order valence-electron chi connectivity index (χ0n) is 11.9. The summed E-state index contributed by atoms with van der Waals surface area (Å²) in [5, 5.41) is 4.30. The van der Waals surface area contributed by atoms with Crippen LogP contribution in [0, 0.1) is 0 Å². The van der Waals surface area contributed by atoms with Gasteiger partial charge in [0.05, 0.1) is 0 Å². The molecular formula is C17H25NS. The minimum absolute atomic E-state index is 0.528. The summed E-state index contributed by atoms with van der Waals surface area (Å²) in [5.74, 6) is 2.19. The Morgan fingerprint density at radius 2 is 1.84 bits per heavy atom. The van der Waals surface area contributed by atoms with Crippen molar-refractivity contribution >= 4 is 11.8 Å². The summed E-state index contributed by atoms with van der Waals surface area (Å²) in [6.07, 6.45) is 8.37. The topological polar surface area (TPSA) is 12.0 Å². The summed E-state index contributed by atoms with van der Waals surface area (Å²) in [4.78, 5) is 0. The molecule has 2 heteroatoms. The Kier molecular flexibility index (Phi) is 4.49.